The van der Waals surface area contributed by atoms with Crippen molar-refractivity contribution in [3.05, 3.63) is 48.2 Å². The Labute approximate surface area is 184 Å². The van der Waals surface area contributed by atoms with Crippen LogP contribution in [0.1, 0.15) is 44.1 Å². The van der Waals surface area contributed by atoms with Crippen LogP contribution < -0.4 is 0 Å². The second kappa shape index (κ2) is 7.86. The summed E-state index contributed by atoms with van der Waals surface area (Å²) in [7, 11) is 2.04. The molecule has 5 nitrogen and oxygen atoms in total. The first-order valence-corrected chi connectivity index (χ1v) is 11.5. The van der Waals surface area contributed by atoms with E-state index in [0.717, 1.165) is 59.5 Å². The molecule has 0 spiro atoms. The summed E-state index contributed by atoms with van der Waals surface area (Å²) in [6, 6.07) is 8.48. The number of pyridine rings is 1. The number of hydrogen-bond donors (Lipinski definition) is 0. The third-order valence-electron chi connectivity index (χ3n) is 7.40. The summed E-state index contributed by atoms with van der Waals surface area (Å²) in [6.45, 7) is 7.72. The number of benzene rings is 1. The highest BCUT2D eigenvalue weighted by Gasteiger charge is 2.39. The Kier molecular flexibility index (Phi) is 5.17. The van der Waals surface area contributed by atoms with E-state index in [9.17, 15) is 4.79 Å². The zero-order valence-electron chi connectivity index (χ0n) is 18.9. The molecule has 2 fully saturated rings. The van der Waals surface area contributed by atoms with Gasteiger partial charge in [-0.05, 0) is 68.6 Å². The number of ketones is 1. The molecule has 31 heavy (non-hydrogen) atoms. The van der Waals surface area contributed by atoms with Crippen LogP contribution >= 0.6 is 0 Å². The van der Waals surface area contributed by atoms with Gasteiger partial charge in [-0.3, -0.25) is 9.78 Å². The third kappa shape index (κ3) is 4.29. The summed E-state index contributed by atoms with van der Waals surface area (Å²) >= 11 is 0. The topological polar surface area (TPSA) is 51.0 Å². The number of carbonyl (C=O) groups is 1. The maximum absolute atomic E-state index is 13.0. The molecule has 1 aliphatic carbocycles. The van der Waals surface area contributed by atoms with Crippen LogP contribution in [-0.2, 0) is 18.3 Å². The fraction of sp³-hybridized carbons (Fsp3) is 0.500. The molecule has 1 aromatic carbocycles. The Balaban J connectivity index is 1.27. The van der Waals surface area contributed by atoms with Crippen LogP contribution in [0, 0.1) is 18.3 Å². The lowest BCUT2D eigenvalue weighted by atomic mass is 9.89. The second-order valence-electron chi connectivity index (χ2n) is 9.99. The van der Waals surface area contributed by atoms with E-state index < -0.39 is 0 Å². The summed E-state index contributed by atoms with van der Waals surface area (Å²) in [5.41, 5.74) is 3.67. The first kappa shape index (κ1) is 20.4. The number of aryl methyl sites for hydroxylation is 1. The third-order valence-corrected chi connectivity index (χ3v) is 7.40. The monoisotopic (exact) mass is 416 g/mol. The van der Waals surface area contributed by atoms with Gasteiger partial charge in [0.15, 0.2) is 0 Å². The Bertz CT molecular complexity index is 1120. The van der Waals surface area contributed by atoms with E-state index in [0.29, 0.717) is 17.6 Å². The molecular formula is C26H32N4O. The summed E-state index contributed by atoms with van der Waals surface area (Å²) in [6.07, 6.45) is 8.96. The summed E-state index contributed by atoms with van der Waals surface area (Å²) in [4.78, 5) is 24.5. The van der Waals surface area contributed by atoms with Crippen LogP contribution in [-0.4, -0.2) is 44.9 Å². The van der Waals surface area contributed by atoms with Gasteiger partial charge >= 0.3 is 0 Å². The Morgan fingerprint density at radius 2 is 1.87 bits per heavy atom. The number of fused-ring (bicyclic) bond motifs is 1. The second-order valence-corrected chi connectivity index (χ2v) is 9.99. The molecule has 0 amide bonds. The standard InChI is InChI=1S/C26H32N4O/c1-18-27-16-24(29(18)3)20-4-5-21-15-28-23(13-22(21)12-20)14-25(31)19-6-10-30(11-7-19)17-26(2)8-9-26/h4-5,12-13,15-16,19H,6-11,14,17H2,1-3H3. The molecule has 2 aromatic heterocycles. The van der Waals surface area contributed by atoms with Crippen molar-refractivity contribution in [1.29, 1.82) is 0 Å². The van der Waals surface area contributed by atoms with Gasteiger partial charge in [-0.2, -0.15) is 0 Å². The number of aromatic nitrogens is 3. The lowest BCUT2D eigenvalue weighted by Crippen LogP contribution is -2.39. The van der Waals surface area contributed by atoms with Gasteiger partial charge in [0.2, 0.25) is 0 Å². The molecule has 5 heteroatoms. The van der Waals surface area contributed by atoms with Crippen molar-refractivity contribution in [2.24, 2.45) is 18.4 Å². The molecule has 1 saturated heterocycles. The minimum absolute atomic E-state index is 0.185. The molecule has 2 aliphatic rings. The van der Waals surface area contributed by atoms with Crippen molar-refractivity contribution >= 4 is 16.6 Å². The maximum atomic E-state index is 13.0. The number of likely N-dealkylation sites (tertiary alicyclic amines) is 1. The number of piperidine rings is 1. The Morgan fingerprint density at radius 3 is 2.55 bits per heavy atom. The van der Waals surface area contributed by atoms with Crippen LogP contribution in [0.5, 0.6) is 0 Å². The first-order valence-electron chi connectivity index (χ1n) is 11.5. The molecule has 0 N–H and O–H groups in total. The van der Waals surface area contributed by atoms with Crippen LogP contribution in [0.2, 0.25) is 0 Å². The molecule has 0 atom stereocenters. The predicted octanol–water partition coefficient (Wildman–Crippen LogP) is 4.57. The Morgan fingerprint density at radius 1 is 1.10 bits per heavy atom. The molecule has 162 valence electrons. The van der Waals surface area contributed by atoms with Gasteiger partial charge in [0.1, 0.15) is 11.6 Å². The van der Waals surface area contributed by atoms with E-state index in [4.69, 9.17) is 0 Å². The fourth-order valence-electron chi connectivity index (χ4n) is 4.86. The van der Waals surface area contributed by atoms with Crippen molar-refractivity contribution in [3.63, 3.8) is 0 Å². The minimum atomic E-state index is 0.185. The van der Waals surface area contributed by atoms with Crippen LogP contribution in [0.4, 0.5) is 0 Å². The number of carbonyl (C=O) groups excluding carboxylic acids is 1. The van der Waals surface area contributed by atoms with E-state index in [1.807, 2.05) is 26.4 Å². The van der Waals surface area contributed by atoms with Gasteiger partial charge in [0.05, 0.1) is 11.9 Å². The molecule has 1 aliphatic heterocycles. The highest BCUT2D eigenvalue weighted by molar-refractivity contribution is 5.88. The molecule has 5 rings (SSSR count). The van der Waals surface area contributed by atoms with E-state index in [1.54, 1.807) is 0 Å². The van der Waals surface area contributed by atoms with Crippen molar-refractivity contribution in [1.82, 2.24) is 19.4 Å². The molecular weight excluding hydrogens is 384 g/mol. The number of Topliss-reactive ketones (excluding diaryl/α,β-unsaturated/α-hetero) is 1. The molecule has 3 aromatic rings. The number of rotatable bonds is 6. The maximum Gasteiger partial charge on any atom is 0.142 e. The van der Waals surface area contributed by atoms with Gasteiger partial charge in [0, 0.05) is 48.8 Å². The quantitative estimate of drug-likeness (QED) is 0.591. The van der Waals surface area contributed by atoms with E-state index in [1.165, 1.54) is 19.4 Å². The molecule has 3 heterocycles. The van der Waals surface area contributed by atoms with E-state index in [-0.39, 0.29) is 5.92 Å². The van der Waals surface area contributed by atoms with Crippen LogP contribution in [0.15, 0.2) is 36.7 Å². The highest BCUT2D eigenvalue weighted by atomic mass is 16.1. The molecule has 0 bridgehead atoms. The number of hydrogen-bond acceptors (Lipinski definition) is 4. The van der Waals surface area contributed by atoms with E-state index >= 15 is 0 Å². The lowest BCUT2D eigenvalue weighted by Gasteiger charge is -2.33. The van der Waals surface area contributed by atoms with Crippen molar-refractivity contribution in [2.75, 3.05) is 19.6 Å². The molecule has 0 unspecified atom stereocenters. The average Bonchev–Trinajstić information content (AvgIpc) is 3.40. The van der Waals surface area contributed by atoms with Crippen molar-refractivity contribution in [3.8, 4) is 11.3 Å². The average molecular weight is 417 g/mol. The molecule has 1 saturated carbocycles. The normalized spacial score (nSPS) is 19.1. The van der Waals surface area contributed by atoms with Crippen molar-refractivity contribution < 1.29 is 4.79 Å². The van der Waals surface area contributed by atoms with Gasteiger partial charge in [-0.15, -0.1) is 0 Å². The number of imidazole rings is 1. The summed E-state index contributed by atoms with van der Waals surface area (Å²) in [5.74, 6) is 1.53. The van der Waals surface area contributed by atoms with Crippen LogP contribution in [0.25, 0.3) is 22.0 Å². The minimum Gasteiger partial charge on any atom is -0.331 e. The lowest BCUT2D eigenvalue weighted by molar-refractivity contribution is -0.123. The van der Waals surface area contributed by atoms with Gasteiger partial charge < -0.3 is 9.47 Å². The largest absolute Gasteiger partial charge is 0.331 e. The fourth-order valence-corrected chi connectivity index (χ4v) is 4.86. The number of nitrogens with zero attached hydrogens (tertiary/aromatic N) is 4. The van der Waals surface area contributed by atoms with Crippen molar-refractivity contribution in [2.45, 2.75) is 46.0 Å². The highest BCUT2D eigenvalue weighted by Crippen LogP contribution is 2.45. The zero-order valence-corrected chi connectivity index (χ0v) is 18.9. The van der Waals surface area contributed by atoms with E-state index in [2.05, 4.69) is 50.6 Å². The van der Waals surface area contributed by atoms with Crippen LogP contribution in [0.3, 0.4) is 0 Å². The molecule has 0 radical (unpaired) electrons. The first-order chi connectivity index (χ1) is 14.9. The van der Waals surface area contributed by atoms with Gasteiger partial charge in [0.25, 0.3) is 0 Å². The smallest absolute Gasteiger partial charge is 0.142 e. The summed E-state index contributed by atoms with van der Waals surface area (Å²) < 4.78 is 2.10. The Hall–Kier alpha value is -2.53. The summed E-state index contributed by atoms with van der Waals surface area (Å²) in [5, 5.41) is 2.22. The van der Waals surface area contributed by atoms with Gasteiger partial charge in [-0.25, -0.2) is 4.98 Å². The predicted molar refractivity (Wildman–Crippen MR) is 124 cm³/mol. The SMILES string of the molecule is Cc1ncc(-c2ccc3cnc(CC(=O)C4CCN(CC5(C)CC5)CC4)cc3c2)n1C. The van der Waals surface area contributed by atoms with Gasteiger partial charge in [-0.1, -0.05) is 19.1 Å². The zero-order chi connectivity index (χ0) is 21.6.